The first-order valence-corrected chi connectivity index (χ1v) is 13.2. The molecule has 1 aliphatic rings. The summed E-state index contributed by atoms with van der Waals surface area (Å²) >= 11 is 3.10. The van der Waals surface area contributed by atoms with Crippen LogP contribution in [-0.2, 0) is 21.2 Å². The molecular weight excluding hydrogens is 454 g/mol. The van der Waals surface area contributed by atoms with E-state index in [1.165, 1.54) is 28.8 Å². The van der Waals surface area contributed by atoms with Crippen molar-refractivity contribution in [1.82, 2.24) is 9.29 Å². The summed E-state index contributed by atoms with van der Waals surface area (Å²) in [4.78, 5) is 17.2. The molecule has 2 aromatic heterocycles. The summed E-state index contributed by atoms with van der Waals surface area (Å²) in [5, 5.41) is 9.54. The van der Waals surface area contributed by atoms with E-state index in [1.54, 1.807) is 23.5 Å². The summed E-state index contributed by atoms with van der Waals surface area (Å²) in [7, 11) is -2.26. The van der Waals surface area contributed by atoms with Gasteiger partial charge in [-0.05, 0) is 42.5 Å². The molecule has 0 radical (unpaired) electrons. The molecule has 1 aliphatic heterocycles. The Morgan fingerprint density at radius 1 is 1.19 bits per heavy atom. The summed E-state index contributed by atoms with van der Waals surface area (Å²) in [5.74, 6) is 0.0112. The van der Waals surface area contributed by atoms with Crippen LogP contribution in [0.3, 0.4) is 0 Å². The number of carbonyl (C=O) groups is 1. The number of methoxy groups -OCH3 is 1. The summed E-state index contributed by atoms with van der Waals surface area (Å²) < 4.78 is 33.1. The number of carbonyl (C=O) groups excluding carboxylic acids is 1. The fourth-order valence-corrected chi connectivity index (χ4v) is 6.71. The van der Waals surface area contributed by atoms with Gasteiger partial charge in [-0.1, -0.05) is 6.42 Å². The highest BCUT2D eigenvalue weighted by molar-refractivity contribution is 7.89. The summed E-state index contributed by atoms with van der Waals surface area (Å²) in [5.41, 5.74) is 2.14. The van der Waals surface area contributed by atoms with Crippen LogP contribution >= 0.6 is 22.7 Å². The Morgan fingerprint density at radius 3 is 2.71 bits per heavy atom. The van der Waals surface area contributed by atoms with Crippen molar-refractivity contribution in [3.05, 3.63) is 46.1 Å². The second kappa shape index (κ2) is 9.47. The minimum absolute atomic E-state index is 0.0723. The third-order valence-corrected chi connectivity index (χ3v) is 8.59. The van der Waals surface area contributed by atoms with Crippen LogP contribution in [-0.4, -0.2) is 43.8 Å². The fraction of sp³-hybridized carbons (Fsp3) is 0.333. The predicted molar refractivity (Wildman–Crippen MR) is 123 cm³/mol. The molecule has 1 fully saturated rings. The minimum atomic E-state index is -3.70. The van der Waals surface area contributed by atoms with Gasteiger partial charge >= 0.3 is 0 Å². The molecule has 0 unspecified atom stereocenters. The lowest BCUT2D eigenvalue weighted by atomic mass is 10.2. The first-order valence-electron chi connectivity index (χ1n) is 9.92. The maximum absolute atomic E-state index is 13.1. The Labute approximate surface area is 189 Å². The van der Waals surface area contributed by atoms with Gasteiger partial charge < -0.3 is 10.1 Å². The zero-order valence-electron chi connectivity index (χ0n) is 17.0. The maximum atomic E-state index is 13.1. The van der Waals surface area contributed by atoms with Crippen molar-refractivity contribution in [2.24, 2.45) is 0 Å². The second-order valence-electron chi connectivity index (χ2n) is 7.21. The minimum Gasteiger partial charge on any atom is -0.495 e. The Kier molecular flexibility index (Phi) is 6.71. The molecule has 0 atom stereocenters. The number of hydrogen-bond donors (Lipinski definition) is 1. The molecule has 1 N–H and O–H groups in total. The van der Waals surface area contributed by atoms with E-state index in [1.807, 2.05) is 22.2 Å². The molecule has 0 aliphatic carbocycles. The Morgan fingerprint density at radius 2 is 2.00 bits per heavy atom. The first-order chi connectivity index (χ1) is 15.0. The SMILES string of the molecule is COc1ccc(NC(=O)Cc2csc(-c3ccsc3)n2)cc1S(=O)(=O)N1CCCCC1. The van der Waals surface area contributed by atoms with Crippen LogP contribution in [0.25, 0.3) is 10.6 Å². The Balaban J connectivity index is 1.49. The third kappa shape index (κ3) is 4.98. The number of nitrogens with one attached hydrogen (secondary N) is 1. The summed E-state index contributed by atoms with van der Waals surface area (Å²) in [6, 6.07) is 6.68. The number of rotatable bonds is 7. The number of sulfonamides is 1. The van der Waals surface area contributed by atoms with Gasteiger partial charge in [0.2, 0.25) is 15.9 Å². The van der Waals surface area contributed by atoms with Gasteiger partial charge in [0.15, 0.2) is 0 Å². The van der Waals surface area contributed by atoms with Gasteiger partial charge in [0, 0.05) is 35.1 Å². The topological polar surface area (TPSA) is 88.6 Å². The zero-order valence-corrected chi connectivity index (χ0v) is 19.5. The lowest BCUT2D eigenvalue weighted by Crippen LogP contribution is -2.35. The number of thiophene rings is 1. The van der Waals surface area contributed by atoms with Gasteiger partial charge in [-0.25, -0.2) is 13.4 Å². The largest absolute Gasteiger partial charge is 0.495 e. The Bertz CT molecular complexity index is 1150. The molecule has 7 nitrogen and oxygen atoms in total. The van der Waals surface area contributed by atoms with Crippen molar-refractivity contribution in [2.75, 3.05) is 25.5 Å². The average Bonchev–Trinajstić information content (AvgIpc) is 3.46. The molecule has 1 aromatic carbocycles. The molecule has 164 valence electrons. The highest BCUT2D eigenvalue weighted by Gasteiger charge is 2.29. The van der Waals surface area contributed by atoms with Crippen molar-refractivity contribution in [2.45, 2.75) is 30.6 Å². The van der Waals surface area contributed by atoms with Crippen LogP contribution in [0.4, 0.5) is 5.69 Å². The number of nitrogens with zero attached hydrogens (tertiary/aromatic N) is 2. The number of thiazole rings is 1. The van der Waals surface area contributed by atoms with Gasteiger partial charge in [-0.15, -0.1) is 11.3 Å². The van der Waals surface area contributed by atoms with Crippen LogP contribution < -0.4 is 10.1 Å². The van der Waals surface area contributed by atoms with Gasteiger partial charge in [-0.2, -0.15) is 15.6 Å². The third-order valence-electron chi connectivity index (χ3n) is 5.04. The Hall–Kier alpha value is -2.27. The van der Waals surface area contributed by atoms with Crippen LogP contribution in [0, 0.1) is 0 Å². The molecule has 0 saturated carbocycles. The lowest BCUT2D eigenvalue weighted by molar-refractivity contribution is -0.115. The van der Waals surface area contributed by atoms with Crippen LogP contribution in [0.15, 0.2) is 45.3 Å². The highest BCUT2D eigenvalue weighted by Crippen LogP contribution is 2.31. The smallest absolute Gasteiger partial charge is 0.246 e. The molecule has 0 bridgehead atoms. The molecular formula is C21H23N3O4S3. The summed E-state index contributed by atoms with van der Waals surface area (Å²) in [6.45, 7) is 0.997. The van der Waals surface area contributed by atoms with Gasteiger partial charge in [0.1, 0.15) is 15.7 Å². The molecule has 1 amide bonds. The number of ether oxygens (including phenoxy) is 1. The van der Waals surface area contributed by atoms with Crippen LogP contribution in [0.1, 0.15) is 25.0 Å². The fourth-order valence-electron chi connectivity index (χ4n) is 3.48. The van der Waals surface area contributed by atoms with Crippen LogP contribution in [0.2, 0.25) is 0 Å². The predicted octanol–water partition coefficient (Wildman–Crippen LogP) is 4.24. The van der Waals surface area contributed by atoms with Crippen molar-refractivity contribution in [3.63, 3.8) is 0 Å². The molecule has 0 spiro atoms. The number of aromatic nitrogens is 1. The van der Waals surface area contributed by atoms with E-state index in [4.69, 9.17) is 4.74 Å². The van der Waals surface area contributed by atoms with E-state index in [0.717, 1.165) is 29.8 Å². The normalized spacial score (nSPS) is 15.0. The monoisotopic (exact) mass is 477 g/mol. The van der Waals surface area contributed by atoms with Crippen molar-refractivity contribution >= 4 is 44.3 Å². The molecule has 4 rings (SSSR count). The van der Waals surface area contributed by atoms with E-state index in [0.29, 0.717) is 24.5 Å². The molecule has 1 saturated heterocycles. The first kappa shape index (κ1) is 21.9. The number of hydrogen-bond acceptors (Lipinski definition) is 7. The number of piperidine rings is 1. The standard InChI is InChI=1S/C21H23N3O4S3/c1-28-18-6-5-16(11-19(18)31(26,27)24-8-3-2-4-9-24)22-20(25)12-17-14-30-21(23-17)15-7-10-29-13-15/h5-7,10-11,13-14H,2-4,8-9,12H2,1H3,(H,22,25). The number of benzene rings is 1. The van der Waals surface area contributed by atoms with Gasteiger partial charge in [0.25, 0.3) is 0 Å². The highest BCUT2D eigenvalue weighted by atomic mass is 32.2. The van der Waals surface area contributed by atoms with E-state index >= 15 is 0 Å². The van der Waals surface area contributed by atoms with E-state index in [9.17, 15) is 13.2 Å². The zero-order chi connectivity index (χ0) is 21.8. The number of amides is 1. The van der Waals surface area contributed by atoms with Crippen molar-refractivity contribution in [1.29, 1.82) is 0 Å². The van der Waals surface area contributed by atoms with Gasteiger partial charge in [0.05, 0.1) is 19.2 Å². The summed E-state index contributed by atoms with van der Waals surface area (Å²) in [6.07, 6.45) is 2.84. The lowest BCUT2D eigenvalue weighted by Gasteiger charge is -2.26. The van der Waals surface area contributed by atoms with Gasteiger partial charge in [-0.3, -0.25) is 4.79 Å². The second-order valence-corrected chi connectivity index (χ2v) is 10.8. The van der Waals surface area contributed by atoms with E-state index in [2.05, 4.69) is 10.3 Å². The molecule has 10 heteroatoms. The molecule has 3 heterocycles. The van der Waals surface area contributed by atoms with Crippen LogP contribution in [0.5, 0.6) is 5.75 Å². The molecule has 31 heavy (non-hydrogen) atoms. The molecule has 3 aromatic rings. The van der Waals surface area contributed by atoms with Crippen molar-refractivity contribution < 1.29 is 17.9 Å². The van der Waals surface area contributed by atoms with Crippen molar-refractivity contribution in [3.8, 4) is 16.3 Å². The average molecular weight is 478 g/mol. The maximum Gasteiger partial charge on any atom is 0.246 e. The number of anilines is 1. The quantitative estimate of drug-likeness (QED) is 0.550. The van der Waals surface area contributed by atoms with E-state index in [-0.39, 0.29) is 23.0 Å². The van der Waals surface area contributed by atoms with E-state index < -0.39 is 10.0 Å².